The van der Waals surface area contributed by atoms with Gasteiger partial charge in [0.15, 0.2) is 0 Å². The fourth-order valence-corrected chi connectivity index (χ4v) is 2.06. The van der Waals surface area contributed by atoms with Crippen molar-refractivity contribution < 1.29 is 4.79 Å². The minimum atomic E-state index is 0.0801. The Bertz CT molecular complexity index is 152. The van der Waals surface area contributed by atoms with Gasteiger partial charge in [-0.25, -0.2) is 4.79 Å². The molecule has 1 saturated heterocycles. The molecule has 4 heteroatoms. The van der Waals surface area contributed by atoms with E-state index in [-0.39, 0.29) is 6.03 Å². The summed E-state index contributed by atoms with van der Waals surface area (Å²) in [5.74, 6) is 1.07. The number of amides is 2. The van der Waals surface area contributed by atoms with Crippen LogP contribution in [0.15, 0.2) is 0 Å². The second-order valence-electron chi connectivity index (χ2n) is 2.87. The van der Waals surface area contributed by atoms with Crippen LogP contribution >= 0.6 is 11.9 Å². The van der Waals surface area contributed by atoms with Crippen LogP contribution in [0.4, 0.5) is 4.79 Å². The van der Waals surface area contributed by atoms with Crippen molar-refractivity contribution in [3.05, 3.63) is 0 Å². The Morgan fingerprint density at radius 3 is 3.00 bits per heavy atom. The molecule has 0 spiro atoms. The van der Waals surface area contributed by atoms with Crippen LogP contribution < -0.4 is 5.32 Å². The molecule has 0 unspecified atom stereocenters. The molecular formula is C8H16N2OS. The lowest BCUT2D eigenvalue weighted by Gasteiger charge is -2.11. The normalized spacial score (nSPS) is 16.8. The predicted octanol–water partition coefficient (Wildman–Crippen LogP) is 1.85. The lowest BCUT2D eigenvalue weighted by Crippen LogP contribution is -2.22. The molecule has 1 heterocycles. The summed E-state index contributed by atoms with van der Waals surface area (Å²) in [5.41, 5.74) is 0. The maximum atomic E-state index is 11.0. The monoisotopic (exact) mass is 188 g/mol. The molecule has 0 aliphatic carbocycles. The summed E-state index contributed by atoms with van der Waals surface area (Å²) in [6.07, 6.45) is 3.72. The van der Waals surface area contributed by atoms with Crippen molar-refractivity contribution in [1.82, 2.24) is 9.62 Å². The van der Waals surface area contributed by atoms with E-state index in [1.165, 1.54) is 19.3 Å². The van der Waals surface area contributed by atoms with Crippen LogP contribution in [-0.2, 0) is 0 Å². The Morgan fingerprint density at radius 1 is 1.58 bits per heavy atom. The van der Waals surface area contributed by atoms with Crippen molar-refractivity contribution >= 4 is 18.0 Å². The smallest absolute Gasteiger partial charge is 0.327 e. The van der Waals surface area contributed by atoms with Crippen molar-refractivity contribution in [2.24, 2.45) is 0 Å². The van der Waals surface area contributed by atoms with Gasteiger partial charge in [0.25, 0.3) is 0 Å². The maximum Gasteiger partial charge on any atom is 0.327 e. The molecule has 0 bridgehead atoms. The molecule has 0 radical (unpaired) electrons. The highest BCUT2D eigenvalue weighted by atomic mass is 32.2. The number of nitrogens with one attached hydrogen (secondary N) is 1. The van der Waals surface area contributed by atoms with E-state index in [1.54, 1.807) is 11.9 Å². The number of nitrogens with zero attached hydrogens (tertiary/aromatic N) is 1. The first-order valence-electron chi connectivity index (χ1n) is 4.53. The molecule has 0 aromatic rings. The van der Waals surface area contributed by atoms with E-state index in [9.17, 15) is 4.79 Å². The molecule has 1 fully saturated rings. The highest BCUT2D eigenvalue weighted by molar-refractivity contribution is 7.97. The summed E-state index contributed by atoms with van der Waals surface area (Å²) in [7, 11) is 0. The molecule has 1 rings (SSSR count). The first-order valence-corrected chi connectivity index (χ1v) is 5.47. The van der Waals surface area contributed by atoms with Crippen LogP contribution in [0.3, 0.4) is 0 Å². The van der Waals surface area contributed by atoms with E-state index in [1.807, 2.05) is 4.31 Å². The Morgan fingerprint density at radius 2 is 2.42 bits per heavy atom. The third kappa shape index (κ3) is 2.93. The van der Waals surface area contributed by atoms with E-state index < -0.39 is 0 Å². The Hall–Kier alpha value is -0.380. The van der Waals surface area contributed by atoms with Gasteiger partial charge in [0.1, 0.15) is 0 Å². The van der Waals surface area contributed by atoms with Gasteiger partial charge in [-0.05, 0) is 18.4 Å². The molecular weight excluding hydrogens is 172 g/mol. The fourth-order valence-electron chi connectivity index (χ4n) is 1.10. The van der Waals surface area contributed by atoms with Crippen molar-refractivity contribution in [3.8, 4) is 0 Å². The highest BCUT2D eigenvalue weighted by Crippen LogP contribution is 2.14. The average Bonchev–Trinajstić information content (AvgIpc) is 2.46. The zero-order valence-corrected chi connectivity index (χ0v) is 8.32. The number of carbonyl (C=O) groups excluding carboxylic acids is 1. The van der Waals surface area contributed by atoms with Crippen LogP contribution in [0.5, 0.6) is 0 Å². The second-order valence-corrected chi connectivity index (χ2v) is 3.98. The zero-order valence-electron chi connectivity index (χ0n) is 7.51. The largest absolute Gasteiger partial charge is 0.335 e. The number of hydrogen-bond donors (Lipinski definition) is 1. The van der Waals surface area contributed by atoms with Gasteiger partial charge in [0.2, 0.25) is 0 Å². The summed E-state index contributed by atoms with van der Waals surface area (Å²) in [6, 6.07) is 0.0801. The van der Waals surface area contributed by atoms with Crippen LogP contribution in [0.2, 0.25) is 0 Å². The van der Waals surface area contributed by atoms with E-state index in [2.05, 4.69) is 12.2 Å². The van der Waals surface area contributed by atoms with Crippen LogP contribution in [-0.4, -0.2) is 29.2 Å². The molecule has 0 saturated carbocycles. The minimum Gasteiger partial charge on any atom is -0.335 e. The number of carbonyl (C=O) groups is 1. The van der Waals surface area contributed by atoms with Gasteiger partial charge in [-0.2, -0.15) is 0 Å². The Labute approximate surface area is 78.0 Å². The van der Waals surface area contributed by atoms with Gasteiger partial charge in [-0.1, -0.05) is 19.8 Å². The van der Waals surface area contributed by atoms with Crippen molar-refractivity contribution in [2.45, 2.75) is 26.2 Å². The predicted molar refractivity (Wildman–Crippen MR) is 52.1 cm³/mol. The quantitative estimate of drug-likeness (QED) is 0.527. The van der Waals surface area contributed by atoms with Gasteiger partial charge in [0.05, 0.1) is 6.54 Å². The third-order valence-electron chi connectivity index (χ3n) is 1.81. The Kier molecular flexibility index (Phi) is 4.29. The van der Waals surface area contributed by atoms with Gasteiger partial charge >= 0.3 is 6.03 Å². The zero-order chi connectivity index (χ0) is 8.81. The van der Waals surface area contributed by atoms with Crippen molar-refractivity contribution in [1.29, 1.82) is 0 Å². The van der Waals surface area contributed by atoms with Gasteiger partial charge in [-0.3, -0.25) is 4.31 Å². The molecule has 1 aliphatic rings. The minimum absolute atomic E-state index is 0.0801. The van der Waals surface area contributed by atoms with E-state index in [0.29, 0.717) is 0 Å². The topological polar surface area (TPSA) is 32.3 Å². The first-order chi connectivity index (χ1) is 5.84. The van der Waals surface area contributed by atoms with Crippen LogP contribution in [0.25, 0.3) is 0 Å². The van der Waals surface area contributed by atoms with Crippen LogP contribution in [0, 0.1) is 0 Å². The highest BCUT2D eigenvalue weighted by Gasteiger charge is 2.18. The lowest BCUT2D eigenvalue weighted by molar-refractivity contribution is 0.238. The standard InChI is InChI=1S/C8H16N2OS/c1-2-3-4-7-12-10-6-5-9-8(10)11/h2-7H2,1H3,(H,9,11). The molecule has 12 heavy (non-hydrogen) atoms. The molecule has 0 atom stereocenters. The number of urea groups is 1. The van der Waals surface area contributed by atoms with Crippen molar-refractivity contribution in [3.63, 3.8) is 0 Å². The maximum absolute atomic E-state index is 11.0. The fraction of sp³-hybridized carbons (Fsp3) is 0.875. The summed E-state index contributed by atoms with van der Waals surface area (Å²) in [4.78, 5) is 11.0. The number of rotatable bonds is 5. The number of hydrogen-bond acceptors (Lipinski definition) is 2. The molecule has 70 valence electrons. The summed E-state index contributed by atoms with van der Waals surface area (Å²) in [5, 5.41) is 2.78. The lowest BCUT2D eigenvalue weighted by atomic mass is 10.3. The summed E-state index contributed by atoms with van der Waals surface area (Å²) in [6.45, 7) is 3.85. The molecule has 0 aromatic carbocycles. The summed E-state index contributed by atoms with van der Waals surface area (Å²) < 4.78 is 1.82. The second kappa shape index (κ2) is 5.30. The van der Waals surface area contributed by atoms with Gasteiger partial charge in [0, 0.05) is 12.3 Å². The van der Waals surface area contributed by atoms with Gasteiger partial charge in [-0.15, -0.1) is 0 Å². The van der Waals surface area contributed by atoms with Crippen molar-refractivity contribution in [2.75, 3.05) is 18.8 Å². The molecule has 2 amide bonds. The number of unbranched alkanes of at least 4 members (excludes halogenated alkanes) is 2. The first kappa shape index (κ1) is 9.71. The summed E-state index contributed by atoms with van der Waals surface area (Å²) >= 11 is 1.65. The van der Waals surface area contributed by atoms with Gasteiger partial charge < -0.3 is 5.32 Å². The van der Waals surface area contributed by atoms with E-state index in [4.69, 9.17) is 0 Å². The van der Waals surface area contributed by atoms with Crippen LogP contribution in [0.1, 0.15) is 26.2 Å². The Balaban J connectivity index is 2.02. The average molecular weight is 188 g/mol. The molecule has 1 aliphatic heterocycles. The molecule has 0 aromatic heterocycles. The SMILES string of the molecule is CCCCCSN1CCNC1=O. The van der Waals surface area contributed by atoms with E-state index in [0.717, 1.165) is 18.8 Å². The molecule has 1 N–H and O–H groups in total. The molecule has 3 nitrogen and oxygen atoms in total. The van der Waals surface area contributed by atoms with E-state index >= 15 is 0 Å². The third-order valence-corrected chi connectivity index (χ3v) is 2.94.